The van der Waals surface area contributed by atoms with Crippen molar-refractivity contribution in [2.24, 2.45) is 0 Å². The maximum absolute atomic E-state index is 12.9. The topological polar surface area (TPSA) is 105 Å². The van der Waals surface area contributed by atoms with E-state index in [0.29, 0.717) is 41.4 Å². The Morgan fingerprint density at radius 1 is 1.04 bits per heavy atom. The van der Waals surface area contributed by atoms with E-state index in [-0.39, 0.29) is 17.0 Å². The molecule has 0 saturated carbocycles. The van der Waals surface area contributed by atoms with Gasteiger partial charge in [-0.1, -0.05) is 6.07 Å². The number of carbonyl (C=O) groups is 1. The summed E-state index contributed by atoms with van der Waals surface area (Å²) < 4.78 is 40.9. The molecule has 3 aromatic heterocycles. The second-order valence-corrected chi connectivity index (χ2v) is 13.2. The summed E-state index contributed by atoms with van der Waals surface area (Å²) in [4.78, 5) is 27.8. The monoisotopic (exact) mass is 653 g/mol. The molecule has 2 saturated heterocycles. The number of alkyl halides is 3. The fourth-order valence-corrected chi connectivity index (χ4v) is 7.60. The third-order valence-electron chi connectivity index (χ3n) is 9.17. The SMILES string of the molecule is CNC(=O)N1CCN(CCn2c(C#N)cc3c(C)c(CN4CCC(Nc5ncnc6sc(CC(F)(F)F)cc56)CC4)ccc32)CC1. The van der Waals surface area contributed by atoms with Crippen LogP contribution in [0.5, 0.6) is 0 Å². The molecule has 14 heteroatoms. The first-order valence-corrected chi connectivity index (χ1v) is 16.4. The average Bonchev–Trinajstić information content (AvgIpc) is 3.62. The van der Waals surface area contributed by atoms with Crippen LogP contribution in [-0.2, 0) is 19.5 Å². The molecule has 0 unspecified atom stereocenters. The van der Waals surface area contributed by atoms with Crippen molar-refractivity contribution in [1.29, 1.82) is 5.26 Å². The normalized spacial score (nSPS) is 17.1. The van der Waals surface area contributed by atoms with E-state index in [1.54, 1.807) is 13.1 Å². The number of piperazine rings is 1. The van der Waals surface area contributed by atoms with Crippen LogP contribution in [0, 0.1) is 18.3 Å². The molecule has 0 radical (unpaired) electrons. The molecule has 46 heavy (non-hydrogen) atoms. The maximum Gasteiger partial charge on any atom is 0.393 e. The van der Waals surface area contributed by atoms with E-state index in [0.717, 1.165) is 74.3 Å². The average molecular weight is 654 g/mol. The third kappa shape index (κ3) is 7.06. The highest BCUT2D eigenvalue weighted by molar-refractivity contribution is 7.18. The number of likely N-dealkylation sites (tertiary alicyclic amines) is 1. The van der Waals surface area contributed by atoms with E-state index in [1.807, 2.05) is 11.0 Å². The number of benzene rings is 1. The minimum absolute atomic E-state index is 0.0405. The quantitative estimate of drug-likeness (QED) is 0.277. The Balaban J connectivity index is 1.06. The second kappa shape index (κ2) is 13.4. The van der Waals surface area contributed by atoms with Crippen LogP contribution in [-0.4, -0.2) is 100 Å². The number of aromatic nitrogens is 3. The number of nitrogens with one attached hydrogen (secondary N) is 2. The zero-order valence-corrected chi connectivity index (χ0v) is 26.8. The van der Waals surface area contributed by atoms with Crippen molar-refractivity contribution in [3.8, 4) is 6.07 Å². The summed E-state index contributed by atoms with van der Waals surface area (Å²) in [5.41, 5.74) is 4.13. The Hall–Kier alpha value is -3.93. The van der Waals surface area contributed by atoms with Gasteiger partial charge in [0.15, 0.2) is 0 Å². The van der Waals surface area contributed by atoms with Gasteiger partial charge in [0.25, 0.3) is 0 Å². The number of hydrogen-bond donors (Lipinski definition) is 2. The molecule has 0 bridgehead atoms. The highest BCUT2D eigenvalue weighted by Crippen LogP contribution is 2.33. The lowest BCUT2D eigenvalue weighted by atomic mass is 10.0. The van der Waals surface area contributed by atoms with Crippen molar-refractivity contribution in [2.75, 3.05) is 58.2 Å². The van der Waals surface area contributed by atoms with Crippen LogP contribution in [0.4, 0.5) is 23.8 Å². The van der Waals surface area contributed by atoms with Crippen LogP contribution in [0.1, 0.15) is 34.5 Å². The van der Waals surface area contributed by atoms with Gasteiger partial charge >= 0.3 is 12.2 Å². The first-order valence-electron chi connectivity index (χ1n) is 15.6. The van der Waals surface area contributed by atoms with Gasteiger partial charge in [-0.2, -0.15) is 18.4 Å². The van der Waals surface area contributed by atoms with Crippen molar-refractivity contribution in [3.05, 3.63) is 52.3 Å². The molecule has 244 valence electrons. The number of anilines is 1. The van der Waals surface area contributed by atoms with Gasteiger partial charge in [-0.3, -0.25) is 9.80 Å². The molecule has 4 aromatic rings. The van der Waals surface area contributed by atoms with Gasteiger partial charge in [-0.15, -0.1) is 11.3 Å². The van der Waals surface area contributed by atoms with Crippen molar-refractivity contribution < 1.29 is 18.0 Å². The van der Waals surface area contributed by atoms with Crippen molar-refractivity contribution in [1.82, 2.24) is 34.6 Å². The van der Waals surface area contributed by atoms with E-state index in [2.05, 4.69) is 60.1 Å². The fraction of sp³-hybridized carbons (Fsp3) is 0.500. The van der Waals surface area contributed by atoms with E-state index >= 15 is 0 Å². The summed E-state index contributed by atoms with van der Waals surface area (Å²) in [5.74, 6) is 0.596. The Labute approximate surface area is 269 Å². The summed E-state index contributed by atoms with van der Waals surface area (Å²) >= 11 is 1.06. The van der Waals surface area contributed by atoms with Crippen LogP contribution < -0.4 is 10.6 Å². The molecule has 1 aromatic carbocycles. The zero-order valence-electron chi connectivity index (χ0n) is 26.0. The predicted octanol–water partition coefficient (Wildman–Crippen LogP) is 4.96. The summed E-state index contributed by atoms with van der Waals surface area (Å²) in [6.07, 6.45) is -2.03. The number of amides is 2. The Bertz CT molecular complexity index is 1750. The molecule has 2 amide bonds. The Kier molecular flexibility index (Phi) is 9.35. The van der Waals surface area contributed by atoms with Crippen molar-refractivity contribution in [3.63, 3.8) is 0 Å². The van der Waals surface area contributed by atoms with Crippen LogP contribution >= 0.6 is 11.3 Å². The number of hydrogen-bond acceptors (Lipinski definition) is 8. The Morgan fingerprint density at radius 2 is 1.80 bits per heavy atom. The second-order valence-electron chi connectivity index (χ2n) is 12.1. The first-order chi connectivity index (χ1) is 22.1. The van der Waals surface area contributed by atoms with Gasteiger partial charge in [-0.05, 0) is 49.1 Å². The molecule has 2 fully saturated rings. The first kappa shape index (κ1) is 32.0. The molecule has 5 heterocycles. The molecular weight excluding hydrogens is 615 g/mol. The van der Waals surface area contributed by atoms with Crippen LogP contribution in [0.2, 0.25) is 0 Å². The lowest BCUT2D eigenvalue weighted by Gasteiger charge is -2.34. The number of carbonyl (C=O) groups excluding carboxylic acids is 1. The van der Waals surface area contributed by atoms with E-state index < -0.39 is 12.6 Å². The molecule has 0 aliphatic carbocycles. The van der Waals surface area contributed by atoms with E-state index in [9.17, 15) is 23.2 Å². The number of halogens is 3. The standard InChI is InChI=1S/C32H38F3N9OS/c1-21-22(3-4-28-26(21)15-24(18-36)44(28)14-11-41-9-12-43(13-10-41)31(45)37-2)19-42-7-5-23(6-8-42)40-29-27-16-25(17-32(33,34)35)46-30(27)39-20-38-29/h3-4,15-16,20,23H,5-14,17,19H2,1-2H3,(H,37,45)(H,38,39,40). The van der Waals surface area contributed by atoms with Crippen molar-refractivity contribution >= 4 is 44.3 Å². The number of thiophene rings is 1. The molecule has 2 N–H and O–H groups in total. The molecule has 0 atom stereocenters. The van der Waals surface area contributed by atoms with E-state index in [1.165, 1.54) is 17.5 Å². The summed E-state index contributed by atoms with van der Waals surface area (Å²) in [5, 5.41) is 17.8. The number of nitriles is 1. The molecular formula is C32H38F3N9OS. The maximum atomic E-state index is 12.9. The highest BCUT2D eigenvalue weighted by atomic mass is 32.1. The van der Waals surface area contributed by atoms with E-state index in [4.69, 9.17) is 0 Å². The number of fused-ring (bicyclic) bond motifs is 2. The zero-order chi connectivity index (χ0) is 32.4. The largest absolute Gasteiger partial charge is 0.393 e. The fourth-order valence-electron chi connectivity index (χ4n) is 6.58. The predicted molar refractivity (Wildman–Crippen MR) is 173 cm³/mol. The lowest BCUT2D eigenvalue weighted by molar-refractivity contribution is -0.126. The van der Waals surface area contributed by atoms with Gasteiger partial charge < -0.3 is 20.1 Å². The number of aryl methyl sites for hydroxylation is 1. The highest BCUT2D eigenvalue weighted by Gasteiger charge is 2.29. The van der Waals surface area contributed by atoms with Gasteiger partial charge in [-0.25, -0.2) is 14.8 Å². The van der Waals surface area contributed by atoms with Crippen LogP contribution in [0.25, 0.3) is 21.1 Å². The van der Waals surface area contributed by atoms with Crippen LogP contribution in [0.15, 0.2) is 30.6 Å². The number of rotatable bonds is 8. The molecule has 10 nitrogen and oxygen atoms in total. The summed E-state index contributed by atoms with van der Waals surface area (Å²) in [7, 11) is 1.65. The van der Waals surface area contributed by atoms with Crippen LogP contribution in [0.3, 0.4) is 0 Å². The summed E-state index contributed by atoms with van der Waals surface area (Å²) in [6, 6.07) is 10.4. The minimum atomic E-state index is -4.26. The summed E-state index contributed by atoms with van der Waals surface area (Å²) in [6.45, 7) is 9.22. The Morgan fingerprint density at radius 3 is 2.50 bits per heavy atom. The number of urea groups is 1. The van der Waals surface area contributed by atoms with Crippen molar-refractivity contribution in [2.45, 2.75) is 51.5 Å². The third-order valence-corrected chi connectivity index (χ3v) is 10.2. The molecule has 6 rings (SSSR count). The molecule has 2 aliphatic heterocycles. The van der Waals surface area contributed by atoms with Gasteiger partial charge in [0, 0.05) is 87.8 Å². The lowest BCUT2D eigenvalue weighted by Crippen LogP contribution is -2.51. The van der Waals surface area contributed by atoms with Gasteiger partial charge in [0.1, 0.15) is 28.7 Å². The minimum Gasteiger partial charge on any atom is -0.367 e. The van der Waals surface area contributed by atoms with Gasteiger partial charge in [0.05, 0.1) is 11.8 Å². The number of nitrogens with zero attached hydrogens (tertiary/aromatic N) is 7. The molecule has 0 spiro atoms. The van der Waals surface area contributed by atoms with Gasteiger partial charge in [0.2, 0.25) is 0 Å². The molecule has 2 aliphatic rings. The number of piperidine rings is 1. The smallest absolute Gasteiger partial charge is 0.367 e.